The Balaban J connectivity index is 1.49. The number of piperidine rings is 1. The Hall–Kier alpha value is -0.470. The summed E-state index contributed by atoms with van der Waals surface area (Å²) in [6, 6.07) is 4.85. The van der Waals surface area contributed by atoms with Crippen LogP contribution in [-0.4, -0.2) is 49.3 Å². The van der Waals surface area contributed by atoms with Crippen molar-refractivity contribution in [2.45, 2.75) is 49.5 Å². The molecule has 1 heterocycles. The summed E-state index contributed by atoms with van der Waals surface area (Å²) >= 11 is 13.8. The van der Waals surface area contributed by atoms with Gasteiger partial charge in [0.15, 0.2) is 0 Å². The number of thioether (sulfide) groups is 1. The van der Waals surface area contributed by atoms with Crippen molar-refractivity contribution in [1.82, 2.24) is 9.62 Å². The van der Waals surface area contributed by atoms with Crippen LogP contribution >= 0.6 is 35.0 Å². The minimum absolute atomic E-state index is 0.0357. The lowest BCUT2D eigenvalue weighted by Gasteiger charge is -2.31. The van der Waals surface area contributed by atoms with Crippen molar-refractivity contribution < 1.29 is 13.2 Å². The number of rotatable bonds is 8. The van der Waals surface area contributed by atoms with Gasteiger partial charge in [0.25, 0.3) is 0 Å². The Morgan fingerprint density at radius 2 is 1.90 bits per heavy atom. The zero-order valence-electron chi connectivity index (χ0n) is 16.4. The van der Waals surface area contributed by atoms with E-state index in [1.807, 2.05) is 11.8 Å². The van der Waals surface area contributed by atoms with Gasteiger partial charge in [0.05, 0.1) is 21.7 Å². The van der Waals surface area contributed by atoms with E-state index in [9.17, 15) is 13.2 Å². The van der Waals surface area contributed by atoms with Crippen LogP contribution in [0.3, 0.4) is 0 Å². The fraction of sp³-hybridized carbons (Fsp3) is 0.650. The van der Waals surface area contributed by atoms with Crippen LogP contribution in [0.25, 0.3) is 0 Å². The Bertz CT molecular complexity index is 814. The highest BCUT2D eigenvalue weighted by atomic mass is 35.5. The van der Waals surface area contributed by atoms with Crippen LogP contribution in [0.1, 0.15) is 44.1 Å². The van der Waals surface area contributed by atoms with E-state index in [1.165, 1.54) is 30.0 Å². The molecule has 1 amide bonds. The van der Waals surface area contributed by atoms with Gasteiger partial charge in [-0.2, -0.15) is 11.8 Å². The zero-order valence-corrected chi connectivity index (χ0v) is 19.6. The van der Waals surface area contributed by atoms with E-state index < -0.39 is 10.0 Å². The molecule has 3 rings (SSSR count). The molecule has 1 aliphatic heterocycles. The van der Waals surface area contributed by atoms with Gasteiger partial charge < -0.3 is 5.32 Å². The Morgan fingerprint density at radius 3 is 2.62 bits per heavy atom. The number of sulfonamides is 1. The second-order valence-electron chi connectivity index (χ2n) is 7.77. The quantitative estimate of drug-likeness (QED) is 0.564. The van der Waals surface area contributed by atoms with E-state index in [0.29, 0.717) is 35.1 Å². The van der Waals surface area contributed by atoms with E-state index >= 15 is 0 Å². The predicted octanol–water partition coefficient (Wildman–Crippen LogP) is 4.33. The summed E-state index contributed by atoms with van der Waals surface area (Å²) in [5, 5.41) is 4.47. The van der Waals surface area contributed by atoms with Crippen molar-refractivity contribution >= 4 is 50.9 Å². The molecule has 0 bridgehead atoms. The van der Waals surface area contributed by atoms with Gasteiger partial charge in [-0.05, 0) is 43.4 Å². The molecule has 1 atom stereocenters. The number of hydrogen-bond acceptors (Lipinski definition) is 4. The molecule has 5 nitrogen and oxygen atoms in total. The fourth-order valence-corrected chi connectivity index (χ4v) is 7.08. The largest absolute Gasteiger partial charge is 0.355 e. The topological polar surface area (TPSA) is 66.5 Å². The maximum Gasteiger partial charge on any atom is 0.224 e. The molecule has 1 N–H and O–H groups in total. The van der Waals surface area contributed by atoms with Gasteiger partial charge in [0.2, 0.25) is 15.9 Å². The van der Waals surface area contributed by atoms with Crippen molar-refractivity contribution in [1.29, 1.82) is 0 Å². The molecule has 0 spiro atoms. The predicted molar refractivity (Wildman–Crippen MR) is 121 cm³/mol. The summed E-state index contributed by atoms with van der Waals surface area (Å²) in [4.78, 5) is 12.5. The minimum atomic E-state index is -3.52. The third-order valence-electron chi connectivity index (χ3n) is 5.54. The first kappa shape index (κ1) is 23.2. The molecular formula is C20H28Cl2N2O3S2. The lowest BCUT2D eigenvalue weighted by atomic mass is 9.99. The number of nitrogens with one attached hydrogen (secondary N) is 1. The van der Waals surface area contributed by atoms with Crippen molar-refractivity contribution in [3.05, 3.63) is 33.8 Å². The SMILES string of the molecule is O=C(NCCSC1CCCC1)[C@@H]1CCCN(S(=O)(=O)Cc2ccc(Cl)c(Cl)c2)C1. The van der Waals surface area contributed by atoms with Crippen LogP contribution in [0.15, 0.2) is 18.2 Å². The Morgan fingerprint density at radius 1 is 1.14 bits per heavy atom. The van der Waals surface area contributed by atoms with Crippen molar-refractivity contribution in [2.24, 2.45) is 5.92 Å². The first-order valence-corrected chi connectivity index (χ1v) is 13.6. The highest BCUT2D eigenvalue weighted by Gasteiger charge is 2.32. The van der Waals surface area contributed by atoms with Gasteiger partial charge in [-0.25, -0.2) is 12.7 Å². The number of nitrogens with zero attached hydrogens (tertiary/aromatic N) is 1. The summed E-state index contributed by atoms with van der Waals surface area (Å²) in [6.07, 6.45) is 6.62. The van der Waals surface area contributed by atoms with E-state index in [1.54, 1.807) is 18.2 Å². The van der Waals surface area contributed by atoms with Crippen LogP contribution < -0.4 is 5.32 Å². The summed E-state index contributed by atoms with van der Waals surface area (Å²) in [7, 11) is -3.52. The van der Waals surface area contributed by atoms with Crippen molar-refractivity contribution in [3.63, 3.8) is 0 Å². The first-order chi connectivity index (χ1) is 13.8. The van der Waals surface area contributed by atoms with Crippen LogP contribution in [0.2, 0.25) is 10.0 Å². The maximum absolute atomic E-state index is 12.8. The number of hydrogen-bond donors (Lipinski definition) is 1. The van der Waals surface area contributed by atoms with Gasteiger partial charge in [-0.3, -0.25) is 4.79 Å². The fourth-order valence-electron chi connectivity index (χ4n) is 3.94. The molecule has 9 heteroatoms. The molecule has 1 aliphatic carbocycles. The van der Waals surface area contributed by atoms with Gasteiger partial charge in [0, 0.05) is 30.6 Å². The number of carbonyl (C=O) groups is 1. The third-order valence-corrected chi connectivity index (χ3v) is 9.48. The molecule has 0 unspecified atom stereocenters. The second-order valence-corrected chi connectivity index (χ2v) is 12.0. The van der Waals surface area contributed by atoms with Crippen LogP contribution in [-0.2, 0) is 20.6 Å². The zero-order chi connectivity index (χ0) is 20.9. The molecule has 1 aromatic rings. The van der Waals surface area contributed by atoms with Crippen molar-refractivity contribution in [3.8, 4) is 0 Å². The lowest BCUT2D eigenvalue weighted by Crippen LogP contribution is -2.46. The van der Waals surface area contributed by atoms with Gasteiger partial charge >= 0.3 is 0 Å². The Labute approximate surface area is 187 Å². The molecule has 0 radical (unpaired) electrons. The number of carbonyl (C=O) groups excluding carboxylic acids is 1. The minimum Gasteiger partial charge on any atom is -0.355 e. The van der Waals surface area contributed by atoms with Gasteiger partial charge in [-0.1, -0.05) is 42.1 Å². The molecule has 29 heavy (non-hydrogen) atoms. The summed E-state index contributed by atoms with van der Waals surface area (Å²) in [5.74, 6) is 0.453. The number of halogens is 2. The molecule has 2 aliphatic rings. The van der Waals surface area contributed by atoms with E-state index in [-0.39, 0.29) is 24.1 Å². The molecule has 2 fully saturated rings. The molecule has 1 saturated carbocycles. The normalized spacial score (nSPS) is 21.4. The lowest BCUT2D eigenvalue weighted by molar-refractivity contribution is -0.125. The monoisotopic (exact) mass is 478 g/mol. The van der Waals surface area contributed by atoms with E-state index in [2.05, 4.69) is 5.32 Å². The van der Waals surface area contributed by atoms with E-state index in [4.69, 9.17) is 23.2 Å². The van der Waals surface area contributed by atoms with Gasteiger partial charge in [-0.15, -0.1) is 0 Å². The molecular weight excluding hydrogens is 451 g/mol. The summed E-state index contributed by atoms with van der Waals surface area (Å²) < 4.78 is 27.1. The number of benzene rings is 1. The standard InChI is InChI=1S/C20H28Cl2N2O3S2/c21-18-8-7-15(12-19(18)22)14-29(26,27)24-10-3-4-16(13-24)20(25)23-9-11-28-17-5-1-2-6-17/h7-8,12,16-17H,1-6,9-11,13-14H2,(H,23,25)/t16-/m1/s1. The highest BCUT2D eigenvalue weighted by molar-refractivity contribution is 7.99. The highest BCUT2D eigenvalue weighted by Crippen LogP contribution is 2.29. The summed E-state index contributed by atoms with van der Waals surface area (Å²) in [6.45, 7) is 1.34. The van der Waals surface area contributed by atoms with Crippen LogP contribution in [0, 0.1) is 5.92 Å². The number of amides is 1. The smallest absolute Gasteiger partial charge is 0.224 e. The summed E-state index contributed by atoms with van der Waals surface area (Å²) in [5.41, 5.74) is 0.593. The molecule has 1 aromatic carbocycles. The maximum atomic E-state index is 12.8. The van der Waals surface area contributed by atoms with Gasteiger partial charge in [0.1, 0.15) is 0 Å². The van der Waals surface area contributed by atoms with Crippen LogP contribution in [0.5, 0.6) is 0 Å². The van der Waals surface area contributed by atoms with Crippen molar-refractivity contribution in [2.75, 3.05) is 25.4 Å². The molecule has 1 saturated heterocycles. The Kier molecular flexibility index (Phi) is 8.57. The molecule has 162 valence electrons. The second kappa shape index (κ2) is 10.7. The van der Waals surface area contributed by atoms with E-state index in [0.717, 1.165) is 17.4 Å². The average Bonchev–Trinajstić information content (AvgIpc) is 3.21. The van der Waals surface area contributed by atoms with Crippen LogP contribution in [0.4, 0.5) is 0 Å². The third kappa shape index (κ3) is 6.76. The molecule has 0 aromatic heterocycles. The first-order valence-electron chi connectivity index (χ1n) is 10.2. The average molecular weight is 479 g/mol.